The van der Waals surface area contributed by atoms with Gasteiger partial charge in [-0.2, -0.15) is 0 Å². The Bertz CT molecular complexity index is 305. The van der Waals surface area contributed by atoms with Crippen LogP contribution in [0.2, 0.25) is 0 Å². The van der Waals surface area contributed by atoms with Gasteiger partial charge in [0, 0.05) is 6.04 Å². The van der Waals surface area contributed by atoms with Crippen LogP contribution in [0.25, 0.3) is 0 Å². The second-order valence-corrected chi connectivity index (χ2v) is 4.08. The Hall–Kier alpha value is -1.02. The molecule has 1 aliphatic rings. The van der Waals surface area contributed by atoms with E-state index in [0.29, 0.717) is 6.04 Å². The first-order chi connectivity index (χ1) is 7.34. The van der Waals surface area contributed by atoms with Crippen molar-refractivity contribution in [1.82, 2.24) is 5.32 Å². The van der Waals surface area contributed by atoms with Crippen molar-refractivity contribution in [3.63, 3.8) is 0 Å². The van der Waals surface area contributed by atoms with E-state index in [0.717, 1.165) is 24.3 Å². The minimum absolute atomic E-state index is 0.660. The Kier molecular flexibility index (Phi) is 3.62. The monoisotopic (exact) mass is 204 g/mol. The van der Waals surface area contributed by atoms with E-state index in [-0.39, 0.29) is 0 Å². The predicted molar refractivity (Wildman–Crippen MR) is 62.0 cm³/mol. The molecule has 15 heavy (non-hydrogen) atoms. The topological polar surface area (TPSA) is 21.3 Å². The van der Waals surface area contributed by atoms with Gasteiger partial charge in [0.1, 0.15) is 5.75 Å². The third kappa shape index (κ3) is 3.24. The lowest BCUT2D eigenvalue weighted by molar-refractivity contribution is 0.292. The van der Waals surface area contributed by atoms with Gasteiger partial charge >= 0.3 is 0 Å². The van der Waals surface area contributed by atoms with Crippen molar-refractivity contribution in [2.45, 2.75) is 25.3 Å². The lowest BCUT2D eigenvalue weighted by Gasteiger charge is -2.11. The standard InChI is InChI=1S/C13H18NO/c1-11-4-2-6-13(10-11)15-9-7-12-5-3-8-14-12/h2,4,6,10,12,14H,1,3,5,7-9H2. The third-order valence-electron chi connectivity index (χ3n) is 2.80. The van der Waals surface area contributed by atoms with Gasteiger partial charge in [-0.1, -0.05) is 12.1 Å². The van der Waals surface area contributed by atoms with Crippen molar-refractivity contribution < 1.29 is 4.74 Å². The summed E-state index contributed by atoms with van der Waals surface area (Å²) in [6, 6.07) is 8.57. The summed E-state index contributed by atoms with van der Waals surface area (Å²) in [6.07, 6.45) is 3.69. The van der Waals surface area contributed by atoms with Crippen LogP contribution in [-0.4, -0.2) is 19.2 Å². The van der Waals surface area contributed by atoms with Crippen molar-refractivity contribution in [2.24, 2.45) is 0 Å². The highest BCUT2D eigenvalue weighted by molar-refractivity contribution is 5.29. The van der Waals surface area contributed by atoms with E-state index in [1.165, 1.54) is 19.4 Å². The van der Waals surface area contributed by atoms with E-state index in [2.05, 4.69) is 12.2 Å². The molecule has 1 heterocycles. The quantitative estimate of drug-likeness (QED) is 0.813. The molecule has 1 aromatic carbocycles. The van der Waals surface area contributed by atoms with E-state index in [1.54, 1.807) is 0 Å². The molecule has 0 amide bonds. The maximum absolute atomic E-state index is 5.67. The van der Waals surface area contributed by atoms with Gasteiger partial charge in [-0.05, 0) is 50.4 Å². The van der Waals surface area contributed by atoms with Crippen LogP contribution in [0.1, 0.15) is 24.8 Å². The molecule has 1 saturated heterocycles. The first kappa shape index (κ1) is 10.5. The highest BCUT2D eigenvalue weighted by Crippen LogP contribution is 2.14. The van der Waals surface area contributed by atoms with Crippen LogP contribution in [0.15, 0.2) is 24.3 Å². The molecule has 1 N–H and O–H groups in total. The molecule has 1 atom stereocenters. The van der Waals surface area contributed by atoms with Gasteiger partial charge < -0.3 is 10.1 Å². The molecule has 1 aliphatic heterocycles. The van der Waals surface area contributed by atoms with E-state index >= 15 is 0 Å². The van der Waals surface area contributed by atoms with E-state index in [9.17, 15) is 0 Å². The van der Waals surface area contributed by atoms with Crippen molar-refractivity contribution in [3.8, 4) is 5.75 Å². The maximum Gasteiger partial charge on any atom is 0.119 e. The summed E-state index contributed by atoms with van der Waals surface area (Å²) >= 11 is 0. The van der Waals surface area contributed by atoms with Crippen LogP contribution in [-0.2, 0) is 0 Å². The molecule has 2 rings (SSSR count). The Morgan fingerprint density at radius 1 is 1.47 bits per heavy atom. The summed E-state index contributed by atoms with van der Waals surface area (Å²) in [6.45, 7) is 5.83. The van der Waals surface area contributed by atoms with Crippen LogP contribution >= 0.6 is 0 Å². The van der Waals surface area contributed by atoms with Gasteiger partial charge in [-0.15, -0.1) is 0 Å². The molecule has 2 nitrogen and oxygen atoms in total. The summed E-state index contributed by atoms with van der Waals surface area (Å²) in [7, 11) is 0. The largest absolute Gasteiger partial charge is 0.494 e. The smallest absolute Gasteiger partial charge is 0.119 e. The highest BCUT2D eigenvalue weighted by Gasteiger charge is 2.13. The first-order valence-corrected chi connectivity index (χ1v) is 5.63. The van der Waals surface area contributed by atoms with Crippen LogP contribution in [0.5, 0.6) is 5.75 Å². The van der Waals surface area contributed by atoms with Gasteiger partial charge in [0.05, 0.1) is 6.61 Å². The van der Waals surface area contributed by atoms with Gasteiger partial charge in [0.15, 0.2) is 0 Å². The van der Waals surface area contributed by atoms with Crippen molar-refractivity contribution in [3.05, 3.63) is 36.8 Å². The predicted octanol–water partition coefficient (Wildman–Crippen LogP) is 2.39. The lowest BCUT2D eigenvalue weighted by Crippen LogP contribution is -2.23. The SMILES string of the molecule is [CH2]c1cccc(OCCC2CCCN2)c1. The fourth-order valence-corrected chi connectivity index (χ4v) is 1.96. The second-order valence-electron chi connectivity index (χ2n) is 4.08. The summed E-state index contributed by atoms with van der Waals surface area (Å²) in [5.41, 5.74) is 1.01. The minimum atomic E-state index is 0.660. The molecule has 1 unspecified atom stereocenters. The van der Waals surface area contributed by atoms with Crippen molar-refractivity contribution in [1.29, 1.82) is 0 Å². The molecule has 1 radical (unpaired) electrons. The summed E-state index contributed by atoms with van der Waals surface area (Å²) in [5.74, 6) is 0.931. The van der Waals surface area contributed by atoms with Crippen molar-refractivity contribution >= 4 is 0 Å². The van der Waals surface area contributed by atoms with Crippen molar-refractivity contribution in [2.75, 3.05) is 13.2 Å². The van der Waals surface area contributed by atoms with Gasteiger partial charge in [-0.3, -0.25) is 0 Å². The molecule has 0 aliphatic carbocycles. The van der Waals surface area contributed by atoms with E-state index in [1.807, 2.05) is 24.3 Å². The Morgan fingerprint density at radius 3 is 3.13 bits per heavy atom. The fourth-order valence-electron chi connectivity index (χ4n) is 1.96. The van der Waals surface area contributed by atoms with Crippen LogP contribution < -0.4 is 10.1 Å². The number of rotatable bonds is 4. The zero-order valence-corrected chi connectivity index (χ0v) is 9.04. The lowest BCUT2D eigenvalue weighted by atomic mass is 10.2. The number of hydrogen-bond donors (Lipinski definition) is 1. The average molecular weight is 204 g/mol. The summed E-state index contributed by atoms with van der Waals surface area (Å²) in [5, 5.41) is 3.46. The number of ether oxygens (including phenoxy) is 1. The van der Waals surface area contributed by atoms with Crippen LogP contribution in [0.3, 0.4) is 0 Å². The number of benzene rings is 1. The normalized spacial score (nSPS) is 20.5. The average Bonchev–Trinajstić information content (AvgIpc) is 2.71. The van der Waals surface area contributed by atoms with Crippen LogP contribution in [0.4, 0.5) is 0 Å². The molecule has 0 saturated carbocycles. The first-order valence-electron chi connectivity index (χ1n) is 5.63. The Balaban J connectivity index is 1.73. The van der Waals surface area contributed by atoms with Gasteiger partial charge in [0.2, 0.25) is 0 Å². The Morgan fingerprint density at radius 2 is 2.40 bits per heavy atom. The molecule has 1 fully saturated rings. The van der Waals surface area contributed by atoms with Crippen LogP contribution in [0, 0.1) is 6.92 Å². The second kappa shape index (κ2) is 5.17. The van der Waals surface area contributed by atoms with Gasteiger partial charge in [0.25, 0.3) is 0 Å². The molecular formula is C13H18NO. The van der Waals surface area contributed by atoms with E-state index < -0.39 is 0 Å². The molecule has 2 heteroatoms. The molecule has 0 aromatic heterocycles. The fraction of sp³-hybridized carbons (Fsp3) is 0.462. The summed E-state index contributed by atoms with van der Waals surface area (Å²) < 4.78 is 5.67. The molecule has 0 spiro atoms. The highest BCUT2D eigenvalue weighted by atomic mass is 16.5. The molecule has 81 valence electrons. The van der Waals surface area contributed by atoms with Gasteiger partial charge in [-0.25, -0.2) is 0 Å². The Labute approximate surface area is 91.6 Å². The maximum atomic E-state index is 5.67. The molecular weight excluding hydrogens is 186 g/mol. The molecule has 1 aromatic rings. The third-order valence-corrected chi connectivity index (χ3v) is 2.80. The van der Waals surface area contributed by atoms with E-state index in [4.69, 9.17) is 4.74 Å². The summed E-state index contributed by atoms with van der Waals surface area (Å²) in [4.78, 5) is 0. The number of nitrogens with one attached hydrogen (secondary N) is 1. The minimum Gasteiger partial charge on any atom is -0.494 e. The zero-order valence-electron chi connectivity index (χ0n) is 9.04. The zero-order chi connectivity index (χ0) is 10.5. The molecule has 0 bridgehead atoms. The number of hydrogen-bond acceptors (Lipinski definition) is 2.